The van der Waals surface area contributed by atoms with Crippen LogP contribution in [-0.2, 0) is 40.5 Å². The summed E-state index contributed by atoms with van der Waals surface area (Å²) in [6, 6.07) is 0. The van der Waals surface area contributed by atoms with Gasteiger partial charge in [-0.05, 0) is 0 Å². The van der Waals surface area contributed by atoms with Crippen LogP contribution in [0.4, 0.5) is 0 Å². The minimum Gasteiger partial charge on any atom is 0 e. The van der Waals surface area contributed by atoms with Gasteiger partial charge < -0.3 is 0 Å². The Labute approximate surface area is 123 Å². The van der Waals surface area contributed by atoms with Crippen molar-refractivity contribution in [2.24, 2.45) is 0 Å². The van der Waals surface area contributed by atoms with Crippen molar-refractivity contribution in [2.75, 3.05) is 0 Å². The summed E-state index contributed by atoms with van der Waals surface area (Å²) in [5.74, 6) is 0. The summed E-state index contributed by atoms with van der Waals surface area (Å²) in [7, 11) is 0. The molecule has 0 aromatic heterocycles. The van der Waals surface area contributed by atoms with E-state index in [0.29, 0.717) is 0 Å². The van der Waals surface area contributed by atoms with E-state index >= 15 is 0 Å². The van der Waals surface area contributed by atoms with Crippen LogP contribution in [0.25, 0.3) is 0 Å². The van der Waals surface area contributed by atoms with Gasteiger partial charge in [0.1, 0.15) is 0 Å². The van der Waals surface area contributed by atoms with Crippen molar-refractivity contribution in [3.8, 4) is 0 Å². The van der Waals surface area contributed by atoms with Crippen LogP contribution in [0.2, 0.25) is 0 Å². The molecule has 5 heavy (non-hydrogen) atoms. The third-order valence-electron chi connectivity index (χ3n) is 0. The van der Waals surface area contributed by atoms with Gasteiger partial charge in [-0.25, -0.2) is 0 Å². The largest absolute Gasteiger partial charge is 0 e. The smallest absolute Gasteiger partial charge is 0 e. The Kier molecular flexibility index (Phi) is 176. The molecule has 0 aromatic rings. The zero-order valence-corrected chi connectivity index (χ0v) is 14.9. The predicted octanol–water partition coefficient (Wildman–Crippen LogP) is -1.15. The summed E-state index contributed by atoms with van der Waals surface area (Å²) >= 11 is 0. The molecule has 0 amide bonds. The molecule has 0 heterocycles. The van der Waals surface area contributed by atoms with Crippen molar-refractivity contribution in [3.63, 3.8) is 0 Å². The Morgan fingerprint density at radius 2 is 1.00 bits per heavy atom. The summed E-state index contributed by atoms with van der Waals surface area (Å²) in [6.07, 6.45) is 0. The van der Waals surface area contributed by atoms with Gasteiger partial charge in [-0.1, -0.05) is 0 Å². The van der Waals surface area contributed by atoms with Gasteiger partial charge in [0.25, 0.3) is 0 Å². The van der Waals surface area contributed by atoms with Gasteiger partial charge >= 0.3 is 0 Å². The molecule has 0 spiro atoms. The first-order valence-corrected chi connectivity index (χ1v) is 0. The monoisotopic (exact) mass is 355 g/mol. The molecule has 0 atom stereocenters. The molecule has 0 aliphatic carbocycles. The van der Waals surface area contributed by atoms with Gasteiger partial charge in [-0.2, -0.15) is 0 Å². The molecule has 7 radical (unpaired) electrons. The normalized spacial score (nSPS) is 0. The van der Waals surface area contributed by atoms with E-state index in [0.717, 1.165) is 0 Å². The predicted molar refractivity (Wildman–Crippen MR) is 17.3 cm³/mol. The van der Waals surface area contributed by atoms with Gasteiger partial charge in [0, 0.05) is 127 Å². The van der Waals surface area contributed by atoms with Crippen molar-refractivity contribution in [1.29, 1.82) is 0 Å². The maximum Gasteiger partial charge on any atom is 0 e. The molecule has 5 heteroatoms. The molecular formula is GeKMoSeZn. The van der Waals surface area contributed by atoms with E-state index in [-0.39, 0.29) is 127 Å². The maximum absolute atomic E-state index is 0. The molecule has 0 fully saturated rings. The van der Waals surface area contributed by atoms with Gasteiger partial charge in [-0.3, -0.25) is 0 Å². The number of hydrogen-bond donors (Lipinski definition) is 0. The zero-order valence-electron chi connectivity index (χ0n) is 3.02. The van der Waals surface area contributed by atoms with Gasteiger partial charge in [0.05, 0.1) is 0 Å². The molecule has 0 aliphatic heterocycles. The Hall–Kier alpha value is 4.01. The van der Waals surface area contributed by atoms with Crippen LogP contribution in [0.1, 0.15) is 0 Å². The van der Waals surface area contributed by atoms with Crippen LogP contribution in [0.15, 0.2) is 0 Å². The van der Waals surface area contributed by atoms with Gasteiger partial charge in [0.15, 0.2) is 0 Å². The van der Waals surface area contributed by atoms with E-state index in [1.54, 1.807) is 0 Å². The Bertz CT molecular complexity index is 11.6. The standard InChI is InChI=1S/Ge.K.Mo.Se.Zn. The average Bonchev–Trinajstić information content (AvgIpc) is 0. The van der Waals surface area contributed by atoms with Crippen molar-refractivity contribution in [2.45, 2.75) is 0 Å². The van der Waals surface area contributed by atoms with E-state index in [1.807, 2.05) is 0 Å². The molecule has 0 aromatic carbocycles. The molecule has 0 bridgehead atoms. The van der Waals surface area contributed by atoms with Crippen molar-refractivity contribution < 1.29 is 40.5 Å². The molecule has 0 nitrogen and oxygen atoms in total. The zero-order chi connectivity index (χ0) is 0. The molecule has 19 valence electrons. The van der Waals surface area contributed by atoms with Crippen molar-refractivity contribution in [1.82, 2.24) is 0 Å². The Balaban J connectivity index is 0. The average molecular weight is 352 g/mol. The quantitative estimate of drug-likeness (QED) is 0.484. The topological polar surface area (TPSA) is 0 Å². The van der Waals surface area contributed by atoms with Crippen molar-refractivity contribution >= 4 is 86.0 Å². The number of hydrogen-bond acceptors (Lipinski definition) is 0. The fourth-order valence-corrected chi connectivity index (χ4v) is 0. The third-order valence-corrected chi connectivity index (χ3v) is 0. The first-order chi connectivity index (χ1) is 0. The van der Waals surface area contributed by atoms with Crippen LogP contribution in [0.3, 0.4) is 0 Å². The second-order valence-corrected chi connectivity index (χ2v) is 0. The van der Waals surface area contributed by atoms with Crippen LogP contribution in [-0.4, -0.2) is 86.0 Å². The summed E-state index contributed by atoms with van der Waals surface area (Å²) < 4.78 is 0. The van der Waals surface area contributed by atoms with E-state index in [2.05, 4.69) is 0 Å². The van der Waals surface area contributed by atoms with Crippen LogP contribution in [0, 0.1) is 0 Å². The van der Waals surface area contributed by atoms with Gasteiger partial charge in [0.2, 0.25) is 0 Å². The maximum atomic E-state index is 0. The molecule has 0 unspecified atom stereocenters. The Morgan fingerprint density at radius 3 is 1.00 bits per heavy atom. The molecule has 0 N–H and O–H groups in total. The second-order valence-electron chi connectivity index (χ2n) is 0. The van der Waals surface area contributed by atoms with Crippen LogP contribution < -0.4 is 0 Å². The third kappa shape index (κ3) is 18.0. The minimum absolute atomic E-state index is 0. The van der Waals surface area contributed by atoms with Gasteiger partial charge in [-0.15, -0.1) is 0 Å². The minimum atomic E-state index is 0. The van der Waals surface area contributed by atoms with Crippen LogP contribution >= 0.6 is 0 Å². The fourth-order valence-electron chi connectivity index (χ4n) is 0. The number of rotatable bonds is 0. The SMILES string of the molecule is [Ge].[K].[Mo].[Se].[Zn]. The summed E-state index contributed by atoms with van der Waals surface area (Å²) in [5, 5.41) is 0. The molecule has 0 saturated heterocycles. The van der Waals surface area contributed by atoms with E-state index in [4.69, 9.17) is 0 Å². The first-order valence-electron chi connectivity index (χ1n) is 0. The summed E-state index contributed by atoms with van der Waals surface area (Å²) in [4.78, 5) is 0. The molecule has 0 saturated carbocycles. The Morgan fingerprint density at radius 1 is 1.00 bits per heavy atom. The van der Waals surface area contributed by atoms with Crippen LogP contribution in [0.5, 0.6) is 0 Å². The first kappa shape index (κ1) is 35.9. The summed E-state index contributed by atoms with van der Waals surface area (Å²) in [5.41, 5.74) is 0. The van der Waals surface area contributed by atoms with E-state index in [9.17, 15) is 0 Å². The summed E-state index contributed by atoms with van der Waals surface area (Å²) in [6.45, 7) is 0. The molecular weight excluding hydrogens is 352 g/mol. The van der Waals surface area contributed by atoms with E-state index in [1.165, 1.54) is 0 Å². The molecule has 0 rings (SSSR count). The fraction of sp³-hybridized carbons (Fsp3) is 0. The van der Waals surface area contributed by atoms with Crippen molar-refractivity contribution in [3.05, 3.63) is 0 Å². The van der Waals surface area contributed by atoms with E-state index < -0.39 is 0 Å². The second kappa shape index (κ2) is 24.5. The molecule has 0 aliphatic rings.